The van der Waals surface area contributed by atoms with Gasteiger partial charge in [0.25, 0.3) is 0 Å². The summed E-state index contributed by atoms with van der Waals surface area (Å²) >= 11 is 0. The lowest BCUT2D eigenvalue weighted by molar-refractivity contribution is 0.268. The SMILES string of the molecule is CC(C)(C)[Si](C)(C)OC1C=CC=CC=C1. The van der Waals surface area contributed by atoms with Crippen molar-refractivity contribution in [1.82, 2.24) is 0 Å². The molecule has 0 radical (unpaired) electrons. The maximum absolute atomic E-state index is 6.25. The number of hydrogen-bond donors (Lipinski definition) is 0. The van der Waals surface area contributed by atoms with Gasteiger partial charge in [0.05, 0.1) is 6.10 Å². The van der Waals surface area contributed by atoms with Crippen LogP contribution in [0.5, 0.6) is 0 Å². The zero-order valence-electron chi connectivity index (χ0n) is 10.4. The van der Waals surface area contributed by atoms with Gasteiger partial charge in [-0.05, 0) is 18.1 Å². The highest BCUT2D eigenvalue weighted by Crippen LogP contribution is 2.37. The Bertz CT molecular complexity index is 276. The lowest BCUT2D eigenvalue weighted by Crippen LogP contribution is -2.43. The van der Waals surface area contributed by atoms with E-state index in [1.807, 2.05) is 12.2 Å². The van der Waals surface area contributed by atoms with Gasteiger partial charge in [-0.1, -0.05) is 57.2 Å². The van der Waals surface area contributed by atoms with Gasteiger partial charge in [0.2, 0.25) is 0 Å². The minimum Gasteiger partial charge on any atom is -0.407 e. The molecular weight excluding hydrogens is 200 g/mol. The number of rotatable bonds is 2. The largest absolute Gasteiger partial charge is 0.407 e. The Kier molecular flexibility index (Phi) is 3.74. The Morgan fingerprint density at radius 1 is 0.933 bits per heavy atom. The molecular formula is C13H22OSi. The lowest BCUT2D eigenvalue weighted by atomic mass is 10.2. The highest BCUT2D eigenvalue weighted by molar-refractivity contribution is 6.74. The molecule has 0 fully saturated rings. The molecule has 0 spiro atoms. The van der Waals surface area contributed by atoms with Crippen molar-refractivity contribution < 1.29 is 4.43 Å². The zero-order valence-corrected chi connectivity index (χ0v) is 11.4. The molecule has 0 saturated carbocycles. The van der Waals surface area contributed by atoms with E-state index in [0.717, 1.165) is 0 Å². The Labute approximate surface area is 94.7 Å². The third-order valence-corrected chi connectivity index (χ3v) is 7.65. The summed E-state index contributed by atoms with van der Waals surface area (Å²) < 4.78 is 6.25. The predicted octanol–water partition coefficient (Wildman–Crippen LogP) is 4.06. The third-order valence-electron chi connectivity index (χ3n) is 3.17. The molecule has 15 heavy (non-hydrogen) atoms. The molecule has 84 valence electrons. The van der Waals surface area contributed by atoms with E-state index in [9.17, 15) is 0 Å². The highest BCUT2D eigenvalue weighted by Gasteiger charge is 2.38. The van der Waals surface area contributed by atoms with Crippen LogP contribution in [0.25, 0.3) is 0 Å². The molecule has 1 nitrogen and oxygen atoms in total. The van der Waals surface area contributed by atoms with E-state index in [-0.39, 0.29) is 11.1 Å². The summed E-state index contributed by atoms with van der Waals surface area (Å²) in [7, 11) is -1.64. The van der Waals surface area contributed by atoms with Crippen molar-refractivity contribution in [2.45, 2.75) is 45.0 Å². The van der Waals surface area contributed by atoms with Crippen molar-refractivity contribution in [1.29, 1.82) is 0 Å². The maximum Gasteiger partial charge on any atom is 0.193 e. The average Bonchev–Trinajstić information content (AvgIpc) is 2.30. The van der Waals surface area contributed by atoms with Gasteiger partial charge in [-0.15, -0.1) is 0 Å². The molecule has 0 N–H and O–H groups in total. The van der Waals surface area contributed by atoms with Crippen molar-refractivity contribution in [3.63, 3.8) is 0 Å². The molecule has 0 amide bonds. The fourth-order valence-electron chi connectivity index (χ4n) is 1.14. The fraction of sp³-hybridized carbons (Fsp3) is 0.538. The molecule has 0 bridgehead atoms. The van der Waals surface area contributed by atoms with E-state index in [1.165, 1.54) is 0 Å². The minimum atomic E-state index is -1.64. The van der Waals surface area contributed by atoms with E-state index < -0.39 is 8.32 Å². The molecule has 0 aromatic heterocycles. The van der Waals surface area contributed by atoms with Gasteiger partial charge in [-0.25, -0.2) is 0 Å². The Morgan fingerprint density at radius 3 is 1.80 bits per heavy atom. The first kappa shape index (κ1) is 12.5. The zero-order chi connectivity index (χ0) is 11.5. The van der Waals surface area contributed by atoms with Crippen LogP contribution in [-0.2, 0) is 4.43 Å². The van der Waals surface area contributed by atoms with E-state index in [1.54, 1.807) is 0 Å². The minimum absolute atomic E-state index is 0.140. The van der Waals surface area contributed by atoms with Crippen LogP contribution in [0.1, 0.15) is 20.8 Å². The van der Waals surface area contributed by atoms with E-state index in [4.69, 9.17) is 4.43 Å². The average molecular weight is 222 g/mol. The van der Waals surface area contributed by atoms with Crippen molar-refractivity contribution in [2.75, 3.05) is 0 Å². The van der Waals surface area contributed by atoms with Gasteiger partial charge in [-0.2, -0.15) is 0 Å². The van der Waals surface area contributed by atoms with Gasteiger partial charge in [-0.3, -0.25) is 0 Å². The highest BCUT2D eigenvalue weighted by atomic mass is 28.4. The van der Waals surface area contributed by atoms with Gasteiger partial charge >= 0.3 is 0 Å². The van der Waals surface area contributed by atoms with Crippen molar-refractivity contribution in [3.8, 4) is 0 Å². The molecule has 0 aliphatic heterocycles. The van der Waals surface area contributed by atoms with Crippen LogP contribution < -0.4 is 0 Å². The smallest absolute Gasteiger partial charge is 0.193 e. The summed E-state index contributed by atoms with van der Waals surface area (Å²) in [5.41, 5.74) is 0. The van der Waals surface area contributed by atoms with E-state index >= 15 is 0 Å². The summed E-state index contributed by atoms with van der Waals surface area (Å²) in [4.78, 5) is 0. The number of allylic oxidation sites excluding steroid dienone is 4. The molecule has 0 saturated heterocycles. The van der Waals surface area contributed by atoms with Gasteiger partial charge < -0.3 is 4.43 Å². The second kappa shape index (κ2) is 4.50. The normalized spacial score (nSPS) is 18.2. The molecule has 0 aromatic carbocycles. The third kappa shape index (κ3) is 3.47. The summed E-state index contributed by atoms with van der Waals surface area (Å²) in [6.07, 6.45) is 12.5. The maximum atomic E-state index is 6.25. The van der Waals surface area contributed by atoms with Crippen LogP contribution in [0.2, 0.25) is 18.1 Å². The van der Waals surface area contributed by atoms with Crippen LogP contribution in [0, 0.1) is 0 Å². The summed E-state index contributed by atoms with van der Waals surface area (Å²) in [6, 6.07) is 0. The van der Waals surface area contributed by atoms with Gasteiger partial charge in [0, 0.05) is 0 Å². The summed E-state index contributed by atoms with van der Waals surface area (Å²) in [5.74, 6) is 0. The summed E-state index contributed by atoms with van der Waals surface area (Å²) in [6.45, 7) is 11.4. The molecule has 1 rings (SSSR count). The van der Waals surface area contributed by atoms with Crippen molar-refractivity contribution in [3.05, 3.63) is 36.5 Å². The standard InChI is InChI=1S/C13H22OSi/c1-13(2,3)15(4,5)14-12-10-8-6-7-9-11-12/h6-12H,1-5H3. The van der Waals surface area contributed by atoms with Crippen molar-refractivity contribution in [2.24, 2.45) is 0 Å². The fourth-order valence-corrected chi connectivity index (χ4v) is 2.33. The molecule has 1 aliphatic carbocycles. The molecule has 0 atom stereocenters. The van der Waals surface area contributed by atoms with Crippen LogP contribution in [0.3, 0.4) is 0 Å². The Hall–Kier alpha value is -0.603. The van der Waals surface area contributed by atoms with Crippen molar-refractivity contribution >= 4 is 8.32 Å². The van der Waals surface area contributed by atoms with Crippen LogP contribution in [0.4, 0.5) is 0 Å². The Balaban J connectivity index is 2.69. The molecule has 0 heterocycles. The topological polar surface area (TPSA) is 9.23 Å². The van der Waals surface area contributed by atoms with Gasteiger partial charge in [0.15, 0.2) is 8.32 Å². The van der Waals surface area contributed by atoms with Crippen LogP contribution in [0.15, 0.2) is 36.5 Å². The van der Waals surface area contributed by atoms with E-state index in [0.29, 0.717) is 0 Å². The number of hydrogen-bond acceptors (Lipinski definition) is 1. The van der Waals surface area contributed by atoms with Crippen LogP contribution >= 0.6 is 0 Å². The lowest BCUT2D eigenvalue weighted by Gasteiger charge is -2.38. The summed E-state index contributed by atoms with van der Waals surface area (Å²) in [5, 5.41) is 0.272. The second-order valence-electron chi connectivity index (χ2n) is 5.50. The first-order valence-electron chi connectivity index (χ1n) is 5.52. The predicted molar refractivity (Wildman–Crippen MR) is 69.5 cm³/mol. The Morgan fingerprint density at radius 2 is 1.40 bits per heavy atom. The molecule has 0 aromatic rings. The molecule has 2 heteroatoms. The molecule has 0 unspecified atom stereocenters. The second-order valence-corrected chi connectivity index (χ2v) is 10.3. The molecule has 1 aliphatic rings. The monoisotopic (exact) mass is 222 g/mol. The van der Waals surface area contributed by atoms with Gasteiger partial charge in [0.1, 0.15) is 0 Å². The first-order chi connectivity index (χ1) is 6.83. The van der Waals surface area contributed by atoms with E-state index in [2.05, 4.69) is 58.2 Å². The first-order valence-corrected chi connectivity index (χ1v) is 8.43. The van der Waals surface area contributed by atoms with Crippen LogP contribution in [-0.4, -0.2) is 14.4 Å². The quantitative estimate of drug-likeness (QED) is 0.640.